The van der Waals surface area contributed by atoms with Gasteiger partial charge in [0.2, 0.25) is 5.91 Å². The third-order valence-corrected chi connectivity index (χ3v) is 4.09. The number of nitrogens with two attached hydrogens (primary N) is 1. The molecule has 2 heterocycles. The van der Waals surface area contributed by atoms with Gasteiger partial charge in [0, 0.05) is 23.7 Å². The lowest BCUT2D eigenvalue weighted by atomic mass is 10.1. The van der Waals surface area contributed by atoms with Crippen molar-refractivity contribution in [2.75, 3.05) is 5.73 Å². The number of thiazole rings is 1. The van der Waals surface area contributed by atoms with Crippen LogP contribution in [0.4, 0.5) is 5.13 Å². The first-order valence-electron chi connectivity index (χ1n) is 6.49. The molecule has 1 amide bonds. The topological polar surface area (TPSA) is 85.8 Å². The Morgan fingerprint density at radius 3 is 2.85 bits per heavy atom. The standard InChI is InChI=1S/C13H19N5OS/c1-4-10(9-6-15-18(3)7-9)17-12(19)5-11-8(2)16-13(14)20-11/h6-7,10H,4-5H2,1-3H3,(H2,14,16)(H,17,19). The van der Waals surface area contributed by atoms with Crippen LogP contribution in [0.2, 0.25) is 0 Å². The van der Waals surface area contributed by atoms with E-state index in [1.165, 1.54) is 11.3 Å². The van der Waals surface area contributed by atoms with E-state index >= 15 is 0 Å². The predicted octanol–water partition coefficient (Wildman–Crippen LogP) is 1.58. The second-order valence-electron chi connectivity index (χ2n) is 4.71. The van der Waals surface area contributed by atoms with E-state index in [0.29, 0.717) is 11.6 Å². The van der Waals surface area contributed by atoms with E-state index in [1.807, 2.05) is 27.1 Å². The number of anilines is 1. The molecular weight excluding hydrogens is 274 g/mol. The van der Waals surface area contributed by atoms with E-state index in [4.69, 9.17) is 5.73 Å². The third-order valence-electron chi connectivity index (χ3n) is 3.10. The minimum Gasteiger partial charge on any atom is -0.375 e. The number of carbonyl (C=O) groups is 1. The molecule has 108 valence electrons. The molecule has 0 bridgehead atoms. The zero-order valence-corrected chi connectivity index (χ0v) is 12.7. The van der Waals surface area contributed by atoms with Crippen LogP contribution in [-0.2, 0) is 18.3 Å². The largest absolute Gasteiger partial charge is 0.375 e. The first-order valence-corrected chi connectivity index (χ1v) is 7.31. The molecule has 0 aliphatic heterocycles. The molecule has 0 aliphatic rings. The van der Waals surface area contributed by atoms with Crippen molar-refractivity contribution in [3.05, 3.63) is 28.5 Å². The van der Waals surface area contributed by atoms with Gasteiger partial charge in [-0.2, -0.15) is 5.10 Å². The summed E-state index contributed by atoms with van der Waals surface area (Å²) in [6, 6.07) is -0.0122. The van der Waals surface area contributed by atoms with E-state index in [9.17, 15) is 4.79 Å². The Labute approximate surface area is 122 Å². The van der Waals surface area contributed by atoms with Gasteiger partial charge in [0.1, 0.15) is 0 Å². The van der Waals surface area contributed by atoms with Gasteiger partial charge < -0.3 is 11.1 Å². The quantitative estimate of drug-likeness (QED) is 0.876. The number of nitrogens with one attached hydrogen (secondary N) is 1. The average molecular weight is 293 g/mol. The molecule has 7 heteroatoms. The Kier molecular flexibility index (Phi) is 4.39. The summed E-state index contributed by atoms with van der Waals surface area (Å²) in [5, 5.41) is 7.67. The first kappa shape index (κ1) is 14.5. The molecule has 0 radical (unpaired) electrons. The van der Waals surface area contributed by atoms with Gasteiger partial charge in [0.05, 0.1) is 24.4 Å². The summed E-state index contributed by atoms with van der Waals surface area (Å²) < 4.78 is 1.73. The van der Waals surface area contributed by atoms with Gasteiger partial charge in [-0.05, 0) is 13.3 Å². The average Bonchev–Trinajstić information content (AvgIpc) is 2.93. The predicted molar refractivity (Wildman–Crippen MR) is 79.4 cm³/mol. The van der Waals surface area contributed by atoms with Crippen LogP contribution in [0, 0.1) is 6.92 Å². The smallest absolute Gasteiger partial charge is 0.225 e. The van der Waals surface area contributed by atoms with Crippen LogP contribution in [0.1, 0.15) is 35.5 Å². The summed E-state index contributed by atoms with van der Waals surface area (Å²) in [7, 11) is 1.86. The van der Waals surface area contributed by atoms with Gasteiger partial charge in [0.25, 0.3) is 0 Å². The van der Waals surface area contributed by atoms with Crippen molar-refractivity contribution in [1.29, 1.82) is 0 Å². The third kappa shape index (κ3) is 3.36. The Balaban J connectivity index is 2.01. The number of rotatable bonds is 5. The second-order valence-corrected chi connectivity index (χ2v) is 5.83. The molecule has 2 aromatic heterocycles. The minimum absolute atomic E-state index is 0.0122. The fourth-order valence-corrected chi connectivity index (χ4v) is 2.88. The molecule has 0 saturated heterocycles. The summed E-state index contributed by atoms with van der Waals surface area (Å²) in [5.41, 5.74) is 7.49. The van der Waals surface area contributed by atoms with Crippen LogP contribution in [0.25, 0.3) is 0 Å². The normalized spacial score (nSPS) is 12.3. The minimum atomic E-state index is -0.0209. The zero-order chi connectivity index (χ0) is 14.7. The van der Waals surface area contributed by atoms with Crippen molar-refractivity contribution in [1.82, 2.24) is 20.1 Å². The van der Waals surface area contributed by atoms with Crippen molar-refractivity contribution >= 4 is 22.4 Å². The molecule has 2 rings (SSSR count). The zero-order valence-electron chi connectivity index (χ0n) is 11.9. The fraction of sp³-hybridized carbons (Fsp3) is 0.462. The van der Waals surface area contributed by atoms with Crippen LogP contribution in [0.15, 0.2) is 12.4 Å². The number of hydrogen-bond donors (Lipinski definition) is 2. The maximum absolute atomic E-state index is 12.1. The Bertz CT molecular complexity index is 604. The lowest BCUT2D eigenvalue weighted by molar-refractivity contribution is -0.121. The highest BCUT2D eigenvalue weighted by molar-refractivity contribution is 7.15. The molecule has 1 atom stereocenters. The fourth-order valence-electron chi connectivity index (χ4n) is 2.05. The van der Waals surface area contributed by atoms with Gasteiger partial charge >= 0.3 is 0 Å². The highest BCUT2D eigenvalue weighted by Crippen LogP contribution is 2.21. The summed E-state index contributed by atoms with van der Waals surface area (Å²) >= 11 is 1.37. The van der Waals surface area contributed by atoms with Crippen LogP contribution >= 0.6 is 11.3 Å². The summed E-state index contributed by atoms with van der Waals surface area (Å²) in [6.45, 7) is 3.90. The summed E-state index contributed by atoms with van der Waals surface area (Å²) in [6.07, 6.45) is 4.84. The van der Waals surface area contributed by atoms with E-state index in [2.05, 4.69) is 15.4 Å². The SMILES string of the molecule is CCC(NC(=O)Cc1sc(N)nc1C)c1cnn(C)c1. The molecule has 0 fully saturated rings. The molecule has 20 heavy (non-hydrogen) atoms. The van der Waals surface area contributed by atoms with Gasteiger partial charge in [-0.15, -0.1) is 11.3 Å². The van der Waals surface area contributed by atoms with Gasteiger partial charge in [0.15, 0.2) is 5.13 Å². The number of hydrogen-bond acceptors (Lipinski definition) is 5. The van der Waals surface area contributed by atoms with Crippen LogP contribution in [-0.4, -0.2) is 20.7 Å². The number of nitrogen functional groups attached to an aromatic ring is 1. The monoisotopic (exact) mass is 293 g/mol. The molecule has 0 aromatic carbocycles. The maximum Gasteiger partial charge on any atom is 0.225 e. The molecule has 3 N–H and O–H groups in total. The van der Waals surface area contributed by atoms with E-state index in [1.54, 1.807) is 10.9 Å². The maximum atomic E-state index is 12.1. The van der Waals surface area contributed by atoms with E-state index < -0.39 is 0 Å². The molecule has 0 aliphatic carbocycles. The molecule has 0 saturated carbocycles. The van der Waals surface area contributed by atoms with Crippen molar-refractivity contribution < 1.29 is 4.79 Å². The van der Waals surface area contributed by atoms with Crippen molar-refractivity contribution in [2.24, 2.45) is 7.05 Å². The lowest BCUT2D eigenvalue weighted by Crippen LogP contribution is -2.29. The molecule has 6 nitrogen and oxygen atoms in total. The number of nitrogens with zero attached hydrogens (tertiary/aromatic N) is 3. The Hall–Kier alpha value is -1.89. The molecule has 2 aromatic rings. The highest BCUT2D eigenvalue weighted by atomic mass is 32.1. The lowest BCUT2D eigenvalue weighted by Gasteiger charge is -2.15. The molecule has 1 unspecified atom stereocenters. The van der Waals surface area contributed by atoms with Crippen molar-refractivity contribution in [3.8, 4) is 0 Å². The van der Waals surface area contributed by atoms with Crippen LogP contribution in [0.3, 0.4) is 0 Å². The first-order chi connectivity index (χ1) is 9.49. The highest BCUT2D eigenvalue weighted by Gasteiger charge is 2.16. The number of amides is 1. The second kappa shape index (κ2) is 6.04. The van der Waals surface area contributed by atoms with Gasteiger partial charge in [-0.25, -0.2) is 4.98 Å². The van der Waals surface area contributed by atoms with E-state index in [0.717, 1.165) is 22.6 Å². The summed E-state index contributed by atoms with van der Waals surface area (Å²) in [5.74, 6) is -0.0209. The molecule has 0 spiro atoms. The number of aryl methyl sites for hydroxylation is 2. The Morgan fingerprint density at radius 2 is 2.35 bits per heavy atom. The number of carbonyl (C=O) groups excluding carboxylic acids is 1. The van der Waals surface area contributed by atoms with Crippen molar-refractivity contribution in [2.45, 2.75) is 32.7 Å². The summed E-state index contributed by atoms with van der Waals surface area (Å²) in [4.78, 5) is 17.2. The molecular formula is C13H19N5OS. The van der Waals surface area contributed by atoms with Gasteiger partial charge in [-0.1, -0.05) is 6.92 Å². The number of aromatic nitrogens is 3. The van der Waals surface area contributed by atoms with Crippen LogP contribution in [0.5, 0.6) is 0 Å². The van der Waals surface area contributed by atoms with Crippen molar-refractivity contribution in [3.63, 3.8) is 0 Å². The van der Waals surface area contributed by atoms with E-state index in [-0.39, 0.29) is 11.9 Å². The Morgan fingerprint density at radius 1 is 1.60 bits per heavy atom. The van der Waals surface area contributed by atoms with Gasteiger partial charge in [-0.3, -0.25) is 9.48 Å². The van der Waals surface area contributed by atoms with Crippen LogP contribution < -0.4 is 11.1 Å².